The Balaban J connectivity index is 2.04. The lowest BCUT2D eigenvalue weighted by Crippen LogP contribution is -2.44. The summed E-state index contributed by atoms with van der Waals surface area (Å²) in [5.74, 6) is 0.599. The first-order valence-corrected chi connectivity index (χ1v) is 8.83. The normalized spacial score (nSPS) is 27.7. The third kappa shape index (κ3) is 2.79. The number of hydrogen-bond donors (Lipinski definition) is 0. The molecule has 1 saturated carbocycles. The second kappa shape index (κ2) is 6.70. The zero-order valence-corrected chi connectivity index (χ0v) is 15.4. The minimum Gasteiger partial charge on any atom is -0.496 e. The molecule has 3 rings (SSSR count). The number of carbonyl (C=O) groups is 2. The Bertz CT molecular complexity index is 696. The standard InChI is InChI=1S/C20H26O5/c1-20(19(22)25-4)9-5-6-13-14-11-17(23-2)15(18(21)24-3)10-12(14)7-8-16(13)20/h10-11,13,16H,5-9H2,1-4H3. The number of ether oxygens (including phenoxy) is 3. The first-order chi connectivity index (χ1) is 12.0. The van der Waals surface area contributed by atoms with E-state index in [1.165, 1.54) is 19.8 Å². The van der Waals surface area contributed by atoms with E-state index in [0.29, 0.717) is 17.2 Å². The molecule has 2 aliphatic carbocycles. The van der Waals surface area contributed by atoms with Crippen molar-refractivity contribution in [2.45, 2.75) is 44.9 Å². The molecule has 25 heavy (non-hydrogen) atoms. The largest absolute Gasteiger partial charge is 0.496 e. The maximum atomic E-state index is 12.5. The fourth-order valence-corrected chi connectivity index (χ4v) is 4.85. The summed E-state index contributed by atoms with van der Waals surface area (Å²) >= 11 is 0. The lowest BCUT2D eigenvalue weighted by molar-refractivity contribution is -0.158. The molecule has 0 saturated heterocycles. The van der Waals surface area contributed by atoms with Crippen LogP contribution in [0.5, 0.6) is 5.75 Å². The molecule has 1 aromatic rings. The molecule has 3 unspecified atom stereocenters. The first kappa shape index (κ1) is 17.8. The van der Waals surface area contributed by atoms with E-state index in [-0.39, 0.29) is 17.9 Å². The van der Waals surface area contributed by atoms with Gasteiger partial charge < -0.3 is 14.2 Å². The molecule has 5 nitrogen and oxygen atoms in total. The number of aryl methyl sites for hydroxylation is 1. The third-order valence-electron chi connectivity index (χ3n) is 6.16. The fourth-order valence-electron chi connectivity index (χ4n) is 4.85. The van der Waals surface area contributed by atoms with Crippen LogP contribution >= 0.6 is 0 Å². The average molecular weight is 346 g/mol. The van der Waals surface area contributed by atoms with Gasteiger partial charge in [-0.25, -0.2) is 4.79 Å². The molecular weight excluding hydrogens is 320 g/mol. The molecule has 0 aliphatic heterocycles. The molecule has 0 bridgehead atoms. The van der Waals surface area contributed by atoms with E-state index in [1.54, 1.807) is 7.11 Å². The van der Waals surface area contributed by atoms with Crippen molar-refractivity contribution >= 4 is 11.9 Å². The molecule has 0 amide bonds. The Morgan fingerprint density at radius 3 is 2.52 bits per heavy atom. The van der Waals surface area contributed by atoms with Crippen LogP contribution in [0.1, 0.15) is 60.0 Å². The van der Waals surface area contributed by atoms with Gasteiger partial charge in [0.1, 0.15) is 11.3 Å². The van der Waals surface area contributed by atoms with Crippen molar-refractivity contribution in [1.29, 1.82) is 0 Å². The number of hydrogen-bond acceptors (Lipinski definition) is 5. The number of fused-ring (bicyclic) bond motifs is 3. The first-order valence-electron chi connectivity index (χ1n) is 8.83. The quantitative estimate of drug-likeness (QED) is 0.784. The molecular formula is C20H26O5. The van der Waals surface area contributed by atoms with Gasteiger partial charge in [-0.05, 0) is 67.7 Å². The summed E-state index contributed by atoms with van der Waals surface area (Å²) < 4.78 is 15.4. The number of rotatable bonds is 3. The minimum atomic E-state index is -0.441. The smallest absolute Gasteiger partial charge is 0.341 e. The topological polar surface area (TPSA) is 61.8 Å². The second-order valence-electron chi connectivity index (χ2n) is 7.30. The number of esters is 2. The van der Waals surface area contributed by atoms with Crippen LogP contribution in [-0.4, -0.2) is 33.3 Å². The summed E-state index contributed by atoms with van der Waals surface area (Å²) in [5.41, 5.74) is 2.39. The molecule has 136 valence electrons. The van der Waals surface area contributed by atoms with E-state index in [2.05, 4.69) is 0 Å². The predicted molar refractivity (Wildman–Crippen MR) is 92.9 cm³/mol. The van der Waals surface area contributed by atoms with E-state index >= 15 is 0 Å². The molecule has 5 heteroatoms. The van der Waals surface area contributed by atoms with Crippen LogP contribution < -0.4 is 4.74 Å². The zero-order chi connectivity index (χ0) is 18.2. The van der Waals surface area contributed by atoms with E-state index in [9.17, 15) is 9.59 Å². The van der Waals surface area contributed by atoms with E-state index in [0.717, 1.165) is 37.7 Å². The Morgan fingerprint density at radius 1 is 1.12 bits per heavy atom. The van der Waals surface area contributed by atoms with Crippen LogP contribution in [0.4, 0.5) is 0 Å². The number of methoxy groups -OCH3 is 3. The second-order valence-corrected chi connectivity index (χ2v) is 7.30. The summed E-state index contributed by atoms with van der Waals surface area (Å²) in [6, 6.07) is 3.88. The van der Waals surface area contributed by atoms with Crippen molar-refractivity contribution in [2.75, 3.05) is 21.3 Å². The van der Waals surface area contributed by atoms with Gasteiger partial charge in [0.05, 0.1) is 26.7 Å². The lowest BCUT2D eigenvalue weighted by atomic mass is 9.56. The maximum absolute atomic E-state index is 12.5. The molecule has 1 fully saturated rings. The fraction of sp³-hybridized carbons (Fsp3) is 0.600. The van der Waals surface area contributed by atoms with Crippen LogP contribution in [0, 0.1) is 11.3 Å². The third-order valence-corrected chi connectivity index (χ3v) is 6.16. The molecule has 0 aromatic heterocycles. The van der Waals surface area contributed by atoms with Crippen molar-refractivity contribution in [3.63, 3.8) is 0 Å². The Labute approximate surface area is 148 Å². The van der Waals surface area contributed by atoms with Gasteiger partial charge >= 0.3 is 11.9 Å². The van der Waals surface area contributed by atoms with E-state index in [4.69, 9.17) is 14.2 Å². The van der Waals surface area contributed by atoms with Crippen molar-refractivity contribution in [3.8, 4) is 5.75 Å². The van der Waals surface area contributed by atoms with Crippen molar-refractivity contribution in [2.24, 2.45) is 11.3 Å². The van der Waals surface area contributed by atoms with Gasteiger partial charge in [-0.2, -0.15) is 0 Å². The molecule has 1 aromatic carbocycles. The van der Waals surface area contributed by atoms with Crippen LogP contribution in [0.3, 0.4) is 0 Å². The highest BCUT2D eigenvalue weighted by molar-refractivity contribution is 5.93. The Hall–Kier alpha value is -2.04. The van der Waals surface area contributed by atoms with Gasteiger partial charge in [-0.15, -0.1) is 0 Å². The summed E-state index contributed by atoms with van der Waals surface area (Å²) in [6.07, 6.45) is 4.68. The number of benzene rings is 1. The Morgan fingerprint density at radius 2 is 1.88 bits per heavy atom. The van der Waals surface area contributed by atoms with Crippen molar-refractivity contribution in [1.82, 2.24) is 0 Å². The van der Waals surface area contributed by atoms with Gasteiger partial charge in [0.15, 0.2) is 0 Å². The van der Waals surface area contributed by atoms with E-state index < -0.39 is 5.41 Å². The van der Waals surface area contributed by atoms with Crippen LogP contribution in [-0.2, 0) is 20.7 Å². The van der Waals surface area contributed by atoms with Gasteiger partial charge in [-0.1, -0.05) is 6.42 Å². The highest BCUT2D eigenvalue weighted by Crippen LogP contribution is 2.54. The molecule has 3 atom stereocenters. The molecule has 2 aliphatic rings. The summed E-state index contributed by atoms with van der Waals surface area (Å²) in [5, 5.41) is 0. The van der Waals surface area contributed by atoms with Gasteiger partial charge in [0, 0.05) is 0 Å². The Kier molecular flexibility index (Phi) is 4.76. The highest BCUT2D eigenvalue weighted by atomic mass is 16.5. The van der Waals surface area contributed by atoms with Gasteiger partial charge in [0.2, 0.25) is 0 Å². The highest BCUT2D eigenvalue weighted by Gasteiger charge is 2.50. The number of carbonyl (C=O) groups excluding carboxylic acids is 2. The summed E-state index contributed by atoms with van der Waals surface area (Å²) in [7, 11) is 4.41. The lowest BCUT2D eigenvalue weighted by Gasteiger charge is -2.47. The monoisotopic (exact) mass is 346 g/mol. The zero-order valence-electron chi connectivity index (χ0n) is 15.4. The van der Waals surface area contributed by atoms with Gasteiger partial charge in [0.25, 0.3) is 0 Å². The van der Waals surface area contributed by atoms with Crippen LogP contribution in [0.15, 0.2) is 12.1 Å². The van der Waals surface area contributed by atoms with Crippen molar-refractivity contribution in [3.05, 3.63) is 28.8 Å². The van der Waals surface area contributed by atoms with Crippen LogP contribution in [0.25, 0.3) is 0 Å². The average Bonchev–Trinajstić information content (AvgIpc) is 2.65. The summed E-state index contributed by atoms with van der Waals surface area (Å²) in [6.45, 7) is 2.04. The minimum absolute atomic E-state index is 0.108. The molecule has 0 N–H and O–H groups in total. The predicted octanol–water partition coefficient (Wildman–Crippen LogP) is 3.49. The molecule has 0 spiro atoms. The molecule has 0 heterocycles. The SMILES string of the molecule is COC(=O)c1cc2c(cc1OC)C1CCCC(C)(C(=O)OC)C1CC2. The van der Waals surface area contributed by atoms with E-state index in [1.807, 2.05) is 19.1 Å². The molecule has 0 radical (unpaired) electrons. The van der Waals surface area contributed by atoms with Gasteiger partial charge in [-0.3, -0.25) is 4.79 Å². The van der Waals surface area contributed by atoms with Crippen LogP contribution in [0.2, 0.25) is 0 Å². The maximum Gasteiger partial charge on any atom is 0.341 e. The van der Waals surface area contributed by atoms with Crippen molar-refractivity contribution < 1.29 is 23.8 Å². The summed E-state index contributed by atoms with van der Waals surface area (Å²) in [4.78, 5) is 24.5.